The molecule has 0 amide bonds. The van der Waals surface area contributed by atoms with E-state index in [2.05, 4.69) is 67.5 Å². The summed E-state index contributed by atoms with van der Waals surface area (Å²) in [6, 6.07) is 0. The van der Waals surface area contributed by atoms with Crippen molar-refractivity contribution in [3.8, 4) is 0 Å². The topological polar surface area (TPSA) is 0 Å². The molecule has 0 radical (unpaired) electrons. The summed E-state index contributed by atoms with van der Waals surface area (Å²) >= 11 is 0. The molecule has 0 fully saturated rings. The van der Waals surface area contributed by atoms with E-state index in [0.717, 1.165) is 11.8 Å². The molecule has 0 unspecified atom stereocenters. The Labute approximate surface area is 116 Å². The quantitative estimate of drug-likeness (QED) is 0.375. The number of hydrogen-bond donors (Lipinski definition) is 0. The number of allylic oxidation sites excluding steroid dienone is 2. The second kappa shape index (κ2) is 7.36. The van der Waals surface area contributed by atoms with Crippen LogP contribution in [0, 0.1) is 22.7 Å². The summed E-state index contributed by atoms with van der Waals surface area (Å²) in [6.07, 6.45) is 9.92. The highest BCUT2D eigenvalue weighted by Crippen LogP contribution is 2.30. The molecule has 0 N–H and O–H groups in total. The van der Waals surface area contributed by atoms with Crippen LogP contribution in [-0.4, -0.2) is 0 Å². The summed E-state index contributed by atoms with van der Waals surface area (Å²) in [7, 11) is 0. The van der Waals surface area contributed by atoms with Gasteiger partial charge in [-0.3, -0.25) is 0 Å². The monoisotopic (exact) mass is 252 g/mol. The highest BCUT2D eigenvalue weighted by atomic mass is 14.2. The van der Waals surface area contributed by atoms with Crippen LogP contribution in [0.1, 0.15) is 81.1 Å². The molecule has 0 rings (SSSR count). The van der Waals surface area contributed by atoms with Gasteiger partial charge in [0.15, 0.2) is 0 Å². The van der Waals surface area contributed by atoms with Gasteiger partial charge in [-0.2, -0.15) is 0 Å². The highest BCUT2D eigenvalue weighted by Gasteiger charge is 2.19. The van der Waals surface area contributed by atoms with Gasteiger partial charge in [0.2, 0.25) is 0 Å². The third-order valence-corrected chi connectivity index (χ3v) is 4.62. The van der Waals surface area contributed by atoms with E-state index in [1.165, 1.54) is 25.7 Å². The molecule has 0 heterocycles. The van der Waals surface area contributed by atoms with Crippen molar-refractivity contribution < 1.29 is 0 Å². The Morgan fingerprint density at radius 2 is 1.28 bits per heavy atom. The molecular weight excluding hydrogens is 216 g/mol. The van der Waals surface area contributed by atoms with Gasteiger partial charge >= 0.3 is 0 Å². The molecule has 0 aliphatic carbocycles. The fourth-order valence-corrected chi connectivity index (χ4v) is 1.75. The molecule has 0 aromatic carbocycles. The second-order valence-corrected chi connectivity index (χ2v) is 8.17. The average Bonchev–Trinajstić information content (AvgIpc) is 2.19. The number of hydrogen-bond acceptors (Lipinski definition) is 0. The Bertz CT molecular complexity index is 234. The molecule has 18 heavy (non-hydrogen) atoms. The third kappa shape index (κ3) is 7.95. The number of rotatable bonds is 6. The standard InChI is InChI=1S/C18H36/c1-15(17(3,4)5)13-11-9-10-12-14-16(2)18(6,7)8/h9,11,15-16H,10,12-14H2,1-8H3/b11-9-/t15-,16+/m0/s1. The summed E-state index contributed by atoms with van der Waals surface area (Å²) in [5.74, 6) is 1.58. The van der Waals surface area contributed by atoms with E-state index < -0.39 is 0 Å². The van der Waals surface area contributed by atoms with Gasteiger partial charge in [0.1, 0.15) is 0 Å². The van der Waals surface area contributed by atoms with Crippen molar-refractivity contribution in [1.29, 1.82) is 0 Å². The van der Waals surface area contributed by atoms with E-state index in [1.807, 2.05) is 0 Å². The van der Waals surface area contributed by atoms with Crippen molar-refractivity contribution in [2.45, 2.75) is 81.1 Å². The van der Waals surface area contributed by atoms with Gasteiger partial charge in [0.05, 0.1) is 0 Å². The molecule has 0 aliphatic heterocycles. The first kappa shape index (κ1) is 17.7. The normalized spacial score (nSPS) is 17.1. The Hall–Kier alpha value is -0.260. The van der Waals surface area contributed by atoms with Crippen LogP contribution in [0.25, 0.3) is 0 Å². The van der Waals surface area contributed by atoms with Gasteiger partial charge in [0, 0.05) is 0 Å². The van der Waals surface area contributed by atoms with Crippen LogP contribution in [0.3, 0.4) is 0 Å². The smallest absolute Gasteiger partial charge is 0.0320 e. The summed E-state index contributed by atoms with van der Waals surface area (Å²) in [5, 5.41) is 0. The fourth-order valence-electron chi connectivity index (χ4n) is 1.75. The van der Waals surface area contributed by atoms with Gasteiger partial charge in [-0.25, -0.2) is 0 Å². The van der Waals surface area contributed by atoms with Crippen LogP contribution in [0.4, 0.5) is 0 Å². The molecule has 2 atom stereocenters. The maximum absolute atomic E-state index is 2.39. The maximum Gasteiger partial charge on any atom is -0.0320 e. The van der Waals surface area contributed by atoms with Crippen LogP contribution in [-0.2, 0) is 0 Å². The minimum absolute atomic E-state index is 0.436. The van der Waals surface area contributed by atoms with Crippen LogP contribution in [0.5, 0.6) is 0 Å². The van der Waals surface area contributed by atoms with E-state index in [1.54, 1.807) is 0 Å². The third-order valence-electron chi connectivity index (χ3n) is 4.62. The molecule has 0 nitrogen and oxygen atoms in total. The minimum Gasteiger partial charge on any atom is -0.0885 e. The van der Waals surface area contributed by atoms with Gasteiger partial charge in [-0.15, -0.1) is 0 Å². The second-order valence-electron chi connectivity index (χ2n) is 8.17. The van der Waals surface area contributed by atoms with Crippen molar-refractivity contribution >= 4 is 0 Å². The summed E-state index contributed by atoms with van der Waals surface area (Å²) < 4.78 is 0. The summed E-state index contributed by atoms with van der Waals surface area (Å²) in [4.78, 5) is 0. The van der Waals surface area contributed by atoms with Crippen molar-refractivity contribution in [3.05, 3.63) is 12.2 Å². The van der Waals surface area contributed by atoms with E-state index in [4.69, 9.17) is 0 Å². The summed E-state index contributed by atoms with van der Waals surface area (Å²) in [5.41, 5.74) is 0.898. The molecule has 0 saturated carbocycles. The molecule has 0 bridgehead atoms. The van der Waals surface area contributed by atoms with Crippen molar-refractivity contribution in [1.82, 2.24) is 0 Å². The Morgan fingerprint density at radius 3 is 1.72 bits per heavy atom. The maximum atomic E-state index is 2.39. The Balaban J connectivity index is 3.74. The molecule has 108 valence electrons. The number of unbranched alkanes of at least 4 members (excludes halogenated alkanes) is 1. The predicted octanol–water partition coefficient (Wildman–Crippen LogP) is 6.47. The SMILES string of the molecule is C[C@H](CCC/C=C\C[C@H](C)C(C)(C)C)C(C)(C)C. The zero-order chi connectivity index (χ0) is 14.4. The van der Waals surface area contributed by atoms with Crippen LogP contribution in [0.15, 0.2) is 12.2 Å². The highest BCUT2D eigenvalue weighted by molar-refractivity contribution is 4.86. The molecule has 0 aromatic rings. The molecule has 0 aliphatic rings. The van der Waals surface area contributed by atoms with Crippen LogP contribution in [0.2, 0.25) is 0 Å². The van der Waals surface area contributed by atoms with Gasteiger partial charge in [0.25, 0.3) is 0 Å². The van der Waals surface area contributed by atoms with E-state index >= 15 is 0 Å². The van der Waals surface area contributed by atoms with Crippen LogP contribution >= 0.6 is 0 Å². The lowest BCUT2D eigenvalue weighted by molar-refractivity contribution is 0.243. The van der Waals surface area contributed by atoms with E-state index in [9.17, 15) is 0 Å². The zero-order valence-corrected chi connectivity index (χ0v) is 14.1. The largest absolute Gasteiger partial charge is 0.0885 e. The Kier molecular flexibility index (Phi) is 7.25. The van der Waals surface area contributed by atoms with Crippen molar-refractivity contribution in [2.24, 2.45) is 22.7 Å². The fraction of sp³-hybridized carbons (Fsp3) is 0.889. The first-order chi connectivity index (χ1) is 8.05. The van der Waals surface area contributed by atoms with E-state index in [-0.39, 0.29) is 0 Å². The first-order valence-corrected chi connectivity index (χ1v) is 7.70. The van der Waals surface area contributed by atoms with Crippen molar-refractivity contribution in [3.63, 3.8) is 0 Å². The molecule has 0 saturated heterocycles. The van der Waals surface area contributed by atoms with Gasteiger partial charge < -0.3 is 0 Å². The zero-order valence-electron chi connectivity index (χ0n) is 14.1. The van der Waals surface area contributed by atoms with Crippen LogP contribution < -0.4 is 0 Å². The molecule has 0 aromatic heterocycles. The minimum atomic E-state index is 0.436. The van der Waals surface area contributed by atoms with E-state index in [0.29, 0.717) is 10.8 Å². The molecular formula is C18H36. The predicted molar refractivity (Wildman–Crippen MR) is 84.8 cm³/mol. The van der Waals surface area contributed by atoms with Gasteiger partial charge in [-0.1, -0.05) is 67.5 Å². The van der Waals surface area contributed by atoms with Gasteiger partial charge in [-0.05, 0) is 48.3 Å². The lowest BCUT2D eigenvalue weighted by atomic mass is 9.79. The lowest BCUT2D eigenvalue weighted by Crippen LogP contribution is -2.16. The lowest BCUT2D eigenvalue weighted by Gasteiger charge is -2.27. The molecule has 0 heteroatoms. The average molecular weight is 252 g/mol. The Morgan fingerprint density at radius 1 is 0.778 bits per heavy atom. The van der Waals surface area contributed by atoms with Crippen molar-refractivity contribution in [2.75, 3.05) is 0 Å². The molecule has 0 spiro atoms. The summed E-state index contributed by atoms with van der Waals surface area (Å²) in [6.45, 7) is 18.8. The first-order valence-electron chi connectivity index (χ1n) is 7.70.